The van der Waals surface area contributed by atoms with Gasteiger partial charge in [-0.05, 0) is 75.6 Å². The number of benzene rings is 4. The number of amides is 2. The quantitative estimate of drug-likeness (QED) is 0.310. The lowest BCUT2D eigenvalue weighted by atomic mass is 10.1. The van der Waals surface area contributed by atoms with Gasteiger partial charge in [0.2, 0.25) is 0 Å². The summed E-state index contributed by atoms with van der Waals surface area (Å²) in [5.74, 6) is 0.162. The Hall–Kier alpha value is -3.90. The zero-order chi connectivity index (χ0) is 23.9. The molecule has 4 aromatic carbocycles. The summed E-state index contributed by atoms with van der Waals surface area (Å²) >= 11 is 3.52. The van der Waals surface area contributed by atoms with Crippen molar-refractivity contribution in [2.45, 2.75) is 0 Å². The molecule has 5 nitrogen and oxygen atoms in total. The van der Waals surface area contributed by atoms with E-state index in [0.29, 0.717) is 17.0 Å². The lowest BCUT2D eigenvalue weighted by molar-refractivity contribution is -0.118. The van der Waals surface area contributed by atoms with Crippen LogP contribution in [0.1, 0.15) is 10.4 Å². The third-order valence-electron chi connectivity index (χ3n) is 5.26. The molecule has 6 heteroatoms. The molecule has 34 heavy (non-hydrogen) atoms. The summed E-state index contributed by atoms with van der Waals surface area (Å²) < 4.78 is 6.45. The molecule has 0 fully saturated rings. The Kier molecular flexibility index (Phi) is 7.40. The summed E-state index contributed by atoms with van der Waals surface area (Å²) in [6.07, 6.45) is 0. The van der Waals surface area contributed by atoms with Gasteiger partial charge in [0.1, 0.15) is 5.75 Å². The topological polar surface area (TPSA) is 58.6 Å². The number of rotatable bonds is 7. The van der Waals surface area contributed by atoms with Crippen LogP contribution in [0.3, 0.4) is 0 Å². The second-order valence-corrected chi connectivity index (χ2v) is 8.48. The zero-order valence-electron chi connectivity index (χ0n) is 18.6. The molecule has 2 amide bonds. The summed E-state index contributed by atoms with van der Waals surface area (Å²) in [5.41, 5.74) is 4.08. The molecule has 0 atom stereocenters. The predicted molar refractivity (Wildman–Crippen MR) is 139 cm³/mol. The molecule has 0 bridgehead atoms. The predicted octanol–water partition coefficient (Wildman–Crippen LogP) is 6.41. The van der Waals surface area contributed by atoms with Gasteiger partial charge in [-0.15, -0.1) is 0 Å². The van der Waals surface area contributed by atoms with Crippen molar-refractivity contribution in [1.82, 2.24) is 0 Å². The van der Waals surface area contributed by atoms with E-state index in [-0.39, 0.29) is 18.4 Å². The summed E-state index contributed by atoms with van der Waals surface area (Å²) in [6.45, 7) is -0.138. The number of anilines is 2. The van der Waals surface area contributed by atoms with Gasteiger partial charge in [0, 0.05) is 24.0 Å². The van der Waals surface area contributed by atoms with Crippen molar-refractivity contribution in [3.05, 3.63) is 113 Å². The van der Waals surface area contributed by atoms with Crippen LogP contribution in [0.4, 0.5) is 11.4 Å². The Morgan fingerprint density at radius 1 is 0.824 bits per heavy atom. The minimum absolute atomic E-state index is 0.129. The third-order valence-corrected chi connectivity index (χ3v) is 5.88. The summed E-state index contributed by atoms with van der Waals surface area (Å²) in [6, 6.07) is 32.0. The Morgan fingerprint density at radius 3 is 2.12 bits per heavy atom. The Morgan fingerprint density at radius 2 is 1.47 bits per heavy atom. The highest BCUT2D eigenvalue weighted by Gasteiger charge is 2.14. The van der Waals surface area contributed by atoms with Gasteiger partial charge in [0.05, 0.1) is 4.47 Å². The fourth-order valence-electron chi connectivity index (χ4n) is 3.43. The number of nitrogens with zero attached hydrogens (tertiary/aromatic N) is 1. The lowest BCUT2D eigenvalue weighted by Gasteiger charge is -2.17. The molecule has 0 aliphatic carbocycles. The minimum Gasteiger partial charge on any atom is -0.483 e. The fraction of sp³-hybridized carbons (Fsp3) is 0.0714. The van der Waals surface area contributed by atoms with Crippen LogP contribution in [0.25, 0.3) is 11.1 Å². The van der Waals surface area contributed by atoms with Crippen molar-refractivity contribution < 1.29 is 14.3 Å². The molecule has 0 aliphatic heterocycles. The molecule has 0 saturated carbocycles. The molecule has 0 spiro atoms. The van der Waals surface area contributed by atoms with E-state index in [1.807, 2.05) is 78.9 Å². The molecule has 170 valence electrons. The van der Waals surface area contributed by atoms with E-state index in [9.17, 15) is 9.59 Å². The van der Waals surface area contributed by atoms with Crippen LogP contribution < -0.4 is 15.0 Å². The van der Waals surface area contributed by atoms with Crippen molar-refractivity contribution in [1.29, 1.82) is 0 Å². The second kappa shape index (κ2) is 10.8. The molecule has 4 rings (SSSR count). The van der Waals surface area contributed by atoms with Gasteiger partial charge in [-0.1, -0.05) is 54.6 Å². The van der Waals surface area contributed by atoms with E-state index in [4.69, 9.17) is 4.74 Å². The van der Waals surface area contributed by atoms with Gasteiger partial charge in [-0.2, -0.15) is 0 Å². The summed E-state index contributed by atoms with van der Waals surface area (Å²) in [5, 5.41) is 2.79. The Bertz CT molecular complexity index is 1280. The van der Waals surface area contributed by atoms with Gasteiger partial charge >= 0.3 is 0 Å². The van der Waals surface area contributed by atoms with Crippen molar-refractivity contribution in [3.63, 3.8) is 0 Å². The standard InChI is InChI=1S/C28H23BrN2O3/c1-31(24-10-6-3-7-11-24)28(33)21-12-15-23(16-13-21)30-27(32)19-34-26-17-14-22(18-25(26)29)20-8-4-2-5-9-20/h2-18H,19H2,1H3,(H,30,32). The van der Waals surface area contributed by atoms with E-state index in [0.717, 1.165) is 21.3 Å². The van der Waals surface area contributed by atoms with Gasteiger partial charge in [-0.3, -0.25) is 9.59 Å². The molecular weight excluding hydrogens is 492 g/mol. The molecule has 0 aliphatic rings. The molecule has 0 radical (unpaired) electrons. The van der Waals surface area contributed by atoms with E-state index >= 15 is 0 Å². The molecule has 1 N–H and O–H groups in total. The maximum atomic E-state index is 12.7. The highest BCUT2D eigenvalue weighted by Crippen LogP contribution is 2.30. The minimum atomic E-state index is -0.292. The van der Waals surface area contributed by atoms with Gasteiger partial charge in [0.25, 0.3) is 11.8 Å². The number of hydrogen-bond donors (Lipinski definition) is 1. The Balaban J connectivity index is 1.32. The van der Waals surface area contributed by atoms with Crippen LogP contribution in [-0.2, 0) is 4.79 Å². The first-order valence-corrected chi connectivity index (χ1v) is 11.5. The smallest absolute Gasteiger partial charge is 0.262 e. The summed E-state index contributed by atoms with van der Waals surface area (Å²) in [4.78, 5) is 26.7. The van der Waals surface area contributed by atoms with E-state index in [1.54, 1.807) is 36.2 Å². The molecular formula is C28H23BrN2O3. The first kappa shape index (κ1) is 23.3. The van der Waals surface area contributed by atoms with E-state index in [2.05, 4.69) is 21.2 Å². The van der Waals surface area contributed by atoms with E-state index < -0.39 is 0 Å². The monoisotopic (exact) mass is 514 g/mol. The van der Waals surface area contributed by atoms with Crippen molar-refractivity contribution in [2.75, 3.05) is 23.9 Å². The lowest BCUT2D eigenvalue weighted by Crippen LogP contribution is -2.26. The fourth-order valence-corrected chi connectivity index (χ4v) is 3.92. The number of carbonyl (C=O) groups excluding carboxylic acids is 2. The molecule has 0 unspecified atom stereocenters. The number of hydrogen-bond acceptors (Lipinski definition) is 3. The molecule has 0 aromatic heterocycles. The van der Waals surface area contributed by atoms with Crippen LogP contribution >= 0.6 is 15.9 Å². The van der Waals surface area contributed by atoms with Gasteiger partial charge in [0.15, 0.2) is 6.61 Å². The van der Waals surface area contributed by atoms with E-state index in [1.165, 1.54) is 0 Å². The van der Waals surface area contributed by atoms with Crippen LogP contribution in [0.15, 0.2) is 108 Å². The van der Waals surface area contributed by atoms with Crippen molar-refractivity contribution in [2.24, 2.45) is 0 Å². The van der Waals surface area contributed by atoms with Crippen LogP contribution in [0.2, 0.25) is 0 Å². The third kappa shape index (κ3) is 5.71. The Labute approximate surface area is 207 Å². The SMILES string of the molecule is CN(C(=O)c1ccc(NC(=O)COc2ccc(-c3ccccc3)cc2Br)cc1)c1ccccc1. The summed E-state index contributed by atoms with van der Waals surface area (Å²) in [7, 11) is 1.73. The molecule has 0 heterocycles. The highest BCUT2D eigenvalue weighted by molar-refractivity contribution is 9.10. The maximum absolute atomic E-state index is 12.7. The highest BCUT2D eigenvalue weighted by atomic mass is 79.9. The average molecular weight is 515 g/mol. The first-order chi connectivity index (χ1) is 16.5. The van der Waals surface area contributed by atoms with Crippen LogP contribution in [-0.4, -0.2) is 25.5 Å². The van der Waals surface area contributed by atoms with Gasteiger partial charge < -0.3 is 15.0 Å². The molecule has 0 saturated heterocycles. The van der Waals surface area contributed by atoms with Gasteiger partial charge in [-0.25, -0.2) is 0 Å². The number of carbonyl (C=O) groups is 2. The first-order valence-electron chi connectivity index (χ1n) is 10.7. The van der Waals surface area contributed by atoms with Crippen LogP contribution in [0.5, 0.6) is 5.75 Å². The largest absolute Gasteiger partial charge is 0.483 e. The van der Waals surface area contributed by atoms with Crippen molar-refractivity contribution >= 4 is 39.1 Å². The number of halogens is 1. The number of para-hydroxylation sites is 1. The molecule has 4 aromatic rings. The maximum Gasteiger partial charge on any atom is 0.262 e. The average Bonchev–Trinajstić information content (AvgIpc) is 2.88. The second-order valence-electron chi connectivity index (χ2n) is 7.63. The number of nitrogens with one attached hydrogen (secondary N) is 1. The normalized spacial score (nSPS) is 10.4. The number of ether oxygens (including phenoxy) is 1. The van der Waals surface area contributed by atoms with Crippen LogP contribution in [0, 0.1) is 0 Å². The van der Waals surface area contributed by atoms with Crippen molar-refractivity contribution in [3.8, 4) is 16.9 Å². The zero-order valence-corrected chi connectivity index (χ0v) is 20.2.